The van der Waals surface area contributed by atoms with E-state index in [1.54, 1.807) is 11.3 Å². The minimum absolute atomic E-state index is 0.0768. The largest absolute Gasteiger partial charge is 0.339 e. The molecule has 0 radical (unpaired) electrons. The number of thiophene rings is 1. The van der Waals surface area contributed by atoms with Gasteiger partial charge in [-0.25, -0.2) is 0 Å². The molecule has 1 amide bonds. The van der Waals surface area contributed by atoms with Gasteiger partial charge in [0, 0.05) is 12.7 Å². The average Bonchev–Trinajstić information content (AvgIpc) is 2.89. The van der Waals surface area contributed by atoms with Crippen molar-refractivity contribution in [3.63, 3.8) is 0 Å². The molecule has 0 bridgehead atoms. The number of nitrogens with one attached hydrogen (secondary N) is 1. The molecule has 0 aliphatic carbocycles. The van der Waals surface area contributed by atoms with Gasteiger partial charge in [0.15, 0.2) is 0 Å². The Labute approximate surface area is 128 Å². The molecular weight excluding hydrogens is 371 g/mol. The van der Waals surface area contributed by atoms with Crippen molar-refractivity contribution in [2.24, 2.45) is 7.05 Å². The van der Waals surface area contributed by atoms with E-state index in [-0.39, 0.29) is 5.91 Å². The van der Waals surface area contributed by atoms with Crippen LogP contribution >= 0.6 is 33.9 Å². The number of hydrogen-bond acceptors (Lipinski definition) is 2. The van der Waals surface area contributed by atoms with Gasteiger partial charge in [0.05, 0.1) is 13.1 Å². The zero-order valence-electron chi connectivity index (χ0n) is 10.2. The quantitative estimate of drug-likeness (QED) is 0.666. The number of anilines is 1. The molecule has 3 nitrogen and oxygen atoms in total. The van der Waals surface area contributed by atoms with Gasteiger partial charge in [-0.05, 0) is 46.9 Å². The zero-order valence-corrected chi connectivity index (χ0v) is 13.2. The highest BCUT2D eigenvalue weighted by atomic mass is 127. The van der Waals surface area contributed by atoms with E-state index in [1.807, 2.05) is 48.0 Å². The number of rotatable bonds is 2. The van der Waals surface area contributed by atoms with Gasteiger partial charge < -0.3 is 9.88 Å². The van der Waals surface area contributed by atoms with E-state index in [1.165, 1.54) is 2.88 Å². The molecule has 0 aliphatic rings. The van der Waals surface area contributed by atoms with Crippen molar-refractivity contribution in [2.45, 2.75) is 0 Å². The molecule has 3 aromatic rings. The Morgan fingerprint density at radius 3 is 2.68 bits per heavy atom. The van der Waals surface area contributed by atoms with E-state index in [0.29, 0.717) is 5.69 Å². The summed E-state index contributed by atoms with van der Waals surface area (Å²) in [6.45, 7) is 0. The SMILES string of the molecule is Cn1c(C(=O)Nc2ccccc2)cc2sc(I)cc21. The maximum atomic E-state index is 12.3. The van der Waals surface area contributed by atoms with Crippen molar-refractivity contribution < 1.29 is 4.79 Å². The highest BCUT2D eigenvalue weighted by Gasteiger charge is 2.15. The number of benzene rings is 1. The predicted molar refractivity (Wildman–Crippen MR) is 87.9 cm³/mol. The van der Waals surface area contributed by atoms with Crippen LogP contribution in [-0.2, 0) is 7.05 Å². The van der Waals surface area contributed by atoms with Crippen molar-refractivity contribution in [3.05, 3.63) is 51.0 Å². The second-order valence-electron chi connectivity index (χ2n) is 4.21. The molecule has 96 valence electrons. The topological polar surface area (TPSA) is 34.0 Å². The van der Waals surface area contributed by atoms with Crippen molar-refractivity contribution in [1.29, 1.82) is 0 Å². The Morgan fingerprint density at radius 2 is 2.00 bits per heavy atom. The third-order valence-electron chi connectivity index (χ3n) is 2.96. The monoisotopic (exact) mass is 382 g/mol. The predicted octanol–water partition coefficient (Wildman–Crippen LogP) is 4.10. The number of fused-ring (bicyclic) bond motifs is 1. The number of para-hydroxylation sites is 1. The average molecular weight is 382 g/mol. The lowest BCUT2D eigenvalue weighted by molar-refractivity contribution is 0.102. The van der Waals surface area contributed by atoms with Crippen LogP contribution in [0, 0.1) is 2.88 Å². The van der Waals surface area contributed by atoms with Gasteiger partial charge in [0.2, 0.25) is 0 Å². The molecule has 1 aromatic carbocycles. The first-order chi connectivity index (χ1) is 9.15. The highest BCUT2D eigenvalue weighted by molar-refractivity contribution is 14.1. The van der Waals surface area contributed by atoms with Crippen LogP contribution in [0.2, 0.25) is 0 Å². The Balaban J connectivity index is 1.93. The lowest BCUT2D eigenvalue weighted by Crippen LogP contribution is -2.15. The number of amides is 1. The molecule has 0 unspecified atom stereocenters. The smallest absolute Gasteiger partial charge is 0.272 e. The van der Waals surface area contributed by atoms with E-state index in [4.69, 9.17) is 0 Å². The number of carbonyl (C=O) groups excluding carboxylic acids is 1. The van der Waals surface area contributed by atoms with Crippen LogP contribution in [0.5, 0.6) is 0 Å². The molecule has 0 saturated carbocycles. The normalized spacial score (nSPS) is 10.8. The molecule has 2 aromatic heterocycles. The molecule has 19 heavy (non-hydrogen) atoms. The van der Waals surface area contributed by atoms with E-state index in [0.717, 1.165) is 15.9 Å². The second-order valence-corrected chi connectivity index (χ2v) is 7.19. The lowest BCUT2D eigenvalue weighted by atomic mass is 10.3. The van der Waals surface area contributed by atoms with Gasteiger partial charge in [0.25, 0.3) is 5.91 Å². The third kappa shape index (κ3) is 2.40. The summed E-state index contributed by atoms with van der Waals surface area (Å²) in [4.78, 5) is 12.3. The van der Waals surface area contributed by atoms with Crippen LogP contribution in [-0.4, -0.2) is 10.5 Å². The molecule has 0 spiro atoms. The third-order valence-corrected chi connectivity index (χ3v) is 4.80. The minimum Gasteiger partial charge on any atom is -0.339 e. The summed E-state index contributed by atoms with van der Waals surface area (Å²) in [5.74, 6) is -0.0768. The van der Waals surface area contributed by atoms with Crippen molar-refractivity contribution in [2.75, 3.05) is 5.32 Å². The van der Waals surface area contributed by atoms with Gasteiger partial charge in [-0.1, -0.05) is 18.2 Å². The maximum absolute atomic E-state index is 12.3. The van der Waals surface area contributed by atoms with Crippen LogP contribution in [0.1, 0.15) is 10.5 Å². The summed E-state index contributed by atoms with van der Waals surface area (Å²) in [6, 6.07) is 13.5. The Kier molecular flexibility index (Phi) is 3.32. The first-order valence-corrected chi connectivity index (χ1v) is 7.66. The van der Waals surface area contributed by atoms with Gasteiger partial charge in [-0.2, -0.15) is 0 Å². The van der Waals surface area contributed by atoms with E-state index in [9.17, 15) is 4.79 Å². The van der Waals surface area contributed by atoms with Crippen LogP contribution in [0.25, 0.3) is 10.2 Å². The van der Waals surface area contributed by atoms with Crippen LogP contribution < -0.4 is 5.32 Å². The molecule has 0 atom stereocenters. The fraction of sp³-hybridized carbons (Fsp3) is 0.0714. The first-order valence-electron chi connectivity index (χ1n) is 5.76. The standard InChI is InChI=1S/C14H11IN2OS/c1-17-10-8-13(15)19-12(10)7-11(17)14(18)16-9-5-3-2-4-6-9/h2-8H,1H3,(H,16,18). The van der Waals surface area contributed by atoms with Crippen LogP contribution in [0.3, 0.4) is 0 Å². The number of aromatic nitrogens is 1. The maximum Gasteiger partial charge on any atom is 0.272 e. The number of hydrogen-bond donors (Lipinski definition) is 1. The van der Waals surface area contributed by atoms with Crippen LogP contribution in [0.4, 0.5) is 5.69 Å². The molecule has 5 heteroatoms. The summed E-state index contributed by atoms with van der Waals surface area (Å²) in [7, 11) is 1.92. The lowest BCUT2D eigenvalue weighted by Gasteiger charge is -2.06. The van der Waals surface area contributed by atoms with E-state index in [2.05, 4.69) is 34.0 Å². The van der Waals surface area contributed by atoms with Gasteiger partial charge in [0.1, 0.15) is 5.69 Å². The second kappa shape index (κ2) is 4.97. The molecular formula is C14H11IN2OS. The first kappa shape index (κ1) is 12.7. The zero-order chi connectivity index (χ0) is 13.4. The number of halogens is 1. The highest BCUT2D eigenvalue weighted by Crippen LogP contribution is 2.29. The molecule has 1 N–H and O–H groups in total. The summed E-state index contributed by atoms with van der Waals surface area (Å²) in [5, 5.41) is 2.91. The number of aryl methyl sites for hydroxylation is 1. The summed E-state index contributed by atoms with van der Waals surface area (Å²) in [6.07, 6.45) is 0. The van der Waals surface area contributed by atoms with Crippen LogP contribution in [0.15, 0.2) is 42.5 Å². The van der Waals surface area contributed by atoms with E-state index >= 15 is 0 Å². The van der Waals surface area contributed by atoms with Gasteiger partial charge in [-0.15, -0.1) is 11.3 Å². The van der Waals surface area contributed by atoms with Gasteiger partial charge in [-0.3, -0.25) is 4.79 Å². The van der Waals surface area contributed by atoms with E-state index < -0.39 is 0 Å². The Morgan fingerprint density at radius 1 is 1.26 bits per heavy atom. The Hall–Kier alpha value is -1.34. The fourth-order valence-electron chi connectivity index (χ4n) is 2.02. The summed E-state index contributed by atoms with van der Waals surface area (Å²) in [5.41, 5.74) is 2.60. The van der Waals surface area contributed by atoms with Gasteiger partial charge >= 0.3 is 0 Å². The summed E-state index contributed by atoms with van der Waals surface area (Å²) >= 11 is 4.00. The van der Waals surface area contributed by atoms with Crippen molar-refractivity contribution in [1.82, 2.24) is 4.57 Å². The molecule has 0 fully saturated rings. The molecule has 2 heterocycles. The fourth-order valence-corrected chi connectivity index (χ4v) is 3.87. The molecule has 0 aliphatic heterocycles. The minimum atomic E-state index is -0.0768. The summed E-state index contributed by atoms with van der Waals surface area (Å²) < 4.78 is 4.31. The number of nitrogens with zero attached hydrogens (tertiary/aromatic N) is 1. The van der Waals surface area contributed by atoms with Crippen molar-refractivity contribution >= 4 is 55.7 Å². The van der Waals surface area contributed by atoms with Crippen molar-refractivity contribution in [3.8, 4) is 0 Å². The number of carbonyl (C=O) groups is 1. The molecule has 0 saturated heterocycles. The Bertz CT molecular complexity index is 745. The molecule has 3 rings (SSSR count).